The molecule has 0 amide bonds. The van der Waals surface area contributed by atoms with Crippen molar-refractivity contribution in [3.05, 3.63) is 69.7 Å². The molecule has 0 radical (unpaired) electrons. The zero-order chi connectivity index (χ0) is 14.0. The Kier molecular flexibility index (Phi) is 4.17. The van der Waals surface area contributed by atoms with Crippen molar-refractivity contribution in [1.82, 2.24) is 0 Å². The van der Waals surface area contributed by atoms with Gasteiger partial charge in [0.05, 0.1) is 11.1 Å². The van der Waals surface area contributed by atoms with Crippen molar-refractivity contribution in [1.29, 1.82) is 0 Å². The summed E-state index contributed by atoms with van der Waals surface area (Å²) in [4.78, 5) is 0. The first-order valence-electron chi connectivity index (χ1n) is 5.85. The van der Waals surface area contributed by atoms with E-state index in [2.05, 4.69) is 0 Å². The van der Waals surface area contributed by atoms with Crippen molar-refractivity contribution in [2.24, 2.45) is 0 Å². The third-order valence-electron chi connectivity index (χ3n) is 2.98. The van der Waals surface area contributed by atoms with E-state index < -0.39 is 11.9 Å². The molecule has 0 fully saturated rings. The molecule has 2 rings (SSSR count). The van der Waals surface area contributed by atoms with Crippen LogP contribution >= 0.6 is 11.6 Å². The fourth-order valence-electron chi connectivity index (χ4n) is 1.88. The van der Waals surface area contributed by atoms with Crippen molar-refractivity contribution in [2.75, 3.05) is 0 Å². The highest BCUT2D eigenvalue weighted by Crippen LogP contribution is 2.23. The summed E-state index contributed by atoms with van der Waals surface area (Å²) in [5.41, 5.74) is 1.71. The van der Waals surface area contributed by atoms with Crippen molar-refractivity contribution in [3.8, 4) is 0 Å². The van der Waals surface area contributed by atoms with Crippen LogP contribution in [-0.2, 0) is 6.42 Å². The molecule has 2 aromatic carbocycles. The molecule has 0 aliphatic rings. The molecule has 0 saturated carbocycles. The fraction of sp³-hybridized carbons (Fsp3) is 0.200. The average molecular weight is 283 g/mol. The lowest BCUT2D eigenvalue weighted by Crippen LogP contribution is -2.03. The van der Waals surface area contributed by atoms with E-state index in [0.717, 1.165) is 0 Å². The highest BCUT2D eigenvalue weighted by molar-refractivity contribution is 6.30. The largest absolute Gasteiger partial charge is 0.388 e. The molecule has 0 bridgehead atoms. The summed E-state index contributed by atoms with van der Waals surface area (Å²) in [5, 5.41) is 10.1. The van der Waals surface area contributed by atoms with Crippen LogP contribution in [0.4, 0.5) is 8.78 Å². The van der Waals surface area contributed by atoms with Crippen molar-refractivity contribution in [2.45, 2.75) is 19.4 Å². The third-order valence-corrected chi connectivity index (χ3v) is 3.29. The summed E-state index contributed by atoms with van der Waals surface area (Å²) in [6, 6.07) is 8.84. The molecular weight excluding hydrogens is 270 g/mol. The van der Waals surface area contributed by atoms with Crippen LogP contribution in [-0.4, -0.2) is 5.11 Å². The Morgan fingerprint density at radius 2 is 1.84 bits per heavy atom. The minimum atomic E-state index is -0.806. The molecule has 4 heteroatoms. The van der Waals surface area contributed by atoms with Gasteiger partial charge in [-0.1, -0.05) is 29.8 Å². The van der Waals surface area contributed by atoms with E-state index in [0.29, 0.717) is 16.7 Å². The van der Waals surface area contributed by atoms with Crippen LogP contribution < -0.4 is 0 Å². The van der Waals surface area contributed by atoms with E-state index in [4.69, 9.17) is 11.6 Å². The van der Waals surface area contributed by atoms with Gasteiger partial charge in [-0.25, -0.2) is 8.78 Å². The highest BCUT2D eigenvalue weighted by Gasteiger charge is 2.11. The van der Waals surface area contributed by atoms with Crippen molar-refractivity contribution >= 4 is 11.6 Å². The van der Waals surface area contributed by atoms with Crippen LogP contribution in [0.5, 0.6) is 0 Å². The van der Waals surface area contributed by atoms with Gasteiger partial charge in [0.25, 0.3) is 0 Å². The molecule has 0 aromatic heterocycles. The van der Waals surface area contributed by atoms with E-state index >= 15 is 0 Å². The number of benzene rings is 2. The first kappa shape index (κ1) is 14.0. The summed E-state index contributed by atoms with van der Waals surface area (Å²) in [6.45, 7) is 1.63. The number of aryl methyl sites for hydroxylation is 1. The number of hydrogen-bond donors (Lipinski definition) is 1. The zero-order valence-electron chi connectivity index (χ0n) is 10.3. The van der Waals surface area contributed by atoms with E-state index in [1.165, 1.54) is 24.3 Å². The van der Waals surface area contributed by atoms with E-state index in [1.807, 2.05) is 0 Å². The zero-order valence-corrected chi connectivity index (χ0v) is 11.1. The van der Waals surface area contributed by atoms with Gasteiger partial charge in [-0.05, 0) is 41.8 Å². The number of hydrogen-bond acceptors (Lipinski definition) is 1. The standard InChI is InChI=1S/C15H13ClF2O/c1-9-6-11(3-5-13(9)17)15(19)8-10-2-4-12(16)14(18)7-10/h2-7,15,19H,8H2,1H3. The van der Waals surface area contributed by atoms with Crippen LogP contribution in [0.25, 0.3) is 0 Å². The van der Waals surface area contributed by atoms with Gasteiger partial charge >= 0.3 is 0 Å². The SMILES string of the molecule is Cc1cc(C(O)Cc2ccc(Cl)c(F)c2)ccc1F. The number of halogens is 3. The quantitative estimate of drug-likeness (QED) is 0.894. The van der Waals surface area contributed by atoms with Gasteiger partial charge < -0.3 is 5.11 Å². The van der Waals surface area contributed by atoms with Crippen molar-refractivity contribution < 1.29 is 13.9 Å². The molecule has 0 spiro atoms. The van der Waals surface area contributed by atoms with E-state index in [9.17, 15) is 13.9 Å². The van der Waals surface area contributed by atoms with Gasteiger partial charge in [0, 0.05) is 6.42 Å². The smallest absolute Gasteiger partial charge is 0.142 e. The van der Waals surface area contributed by atoms with Crippen LogP contribution in [0.2, 0.25) is 5.02 Å². The average Bonchev–Trinajstić information content (AvgIpc) is 2.37. The first-order chi connectivity index (χ1) is 8.97. The van der Waals surface area contributed by atoms with Crippen molar-refractivity contribution in [3.63, 3.8) is 0 Å². The van der Waals surface area contributed by atoms with Crippen LogP contribution in [0.15, 0.2) is 36.4 Å². The summed E-state index contributed by atoms with van der Waals surface area (Å²) in [7, 11) is 0. The second-order valence-electron chi connectivity index (χ2n) is 4.48. The Labute approximate surface area is 115 Å². The van der Waals surface area contributed by atoms with E-state index in [-0.39, 0.29) is 17.3 Å². The van der Waals surface area contributed by atoms with Gasteiger partial charge in [0.1, 0.15) is 11.6 Å². The van der Waals surface area contributed by atoms with E-state index in [1.54, 1.807) is 19.1 Å². The predicted octanol–water partition coefficient (Wildman–Crippen LogP) is 4.20. The molecule has 1 atom stereocenters. The normalized spacial score (nSPS) is 12.5. The molecule has 2 aromatic rings. The lowest BCUT2D eigenvalue weighted by atomic mass is 10.00. The minimum absolute atomic E-state index is 0.0517. The minimum Gasteiger partial charge on any atom is -0.388 e. The molecule has 0 aliphatic carbocycles. The van der Waals surface area contributed by atoms with Gasteiger partial charge in [0.2, 0.25) is 0 Å². The van der Waals surface area contributed by atoms with Gasteiger partial charge in [0.15, 0.2) is 0 Å². The summed E-state index contributed by atoms with van der Waals surface area (Å²) < 4.78 is 26.4. The fourth-order valence-corrected chi connectivity index (χ4v) is 2.00. The molecule has 19 heavy (non-hydrogen) atoms. The Bertz CT molecular complexity index is 599. The van der Waals surface area contributed by atoms with Gasteiger partial charge in [-0.2, -0.15) is 0 Å². The summed E-state index contributed by atoms with van der Waals surface area (Å²) >= 11 is 5.59. The topological polar surface area (TPSA) is 20.2 Å². The maximum absolute atomic E-state index is 13.3. The molecule has 1 nitrogen and oxygen atoms in total. The number of aliphatic hydroxyl groups is 1. The Morgan fingerprint density at radius 1 is 1.11 bits per heavy atom. The molecule has 0 heterocycles. The molecule has 1 N–H and O–H groups in total. The monoisotopic (exact) mass is 282 g/mol. The molecule has 0 aliphatic heterocycles. The summed E-state index contributed by atoms with van der Waals surface area (Å²) in [6.07, 6.45) is -0.557. The van der Waals surface area contributed by atoms with Gasteiger partial charge in [-0.3, -0.25) is 0 Å². The molecule has 100 valence electrons. The second-order valence-corrected chi connectivity index (χ2v) is 4.88. The molecule has 0 saturated heterocycles. The maximum atomic E-state index is 13.3. The Hall–Kier alpha value is -1.45. The van der Waals surface area contributed by atoms with Crippen LogP contribution in [0, 0.1) is 18.6 Å². The highest BCUT2D eigenvalue weighted by atomic mass is 35.5. The summed E-state index contributed by atoms with van der Waals surface area (Å²) in [5.74, 6) is -0.824. The lowest BCUT2D eigenvalue weighted by molar-refractivity contribution is 0.178. The number of aliphatic hydroxyl groups excluding tert-OH is 1. The van der Waals surface area contributed by atoms with Gasteiger partial charge in [-0.15, -0.1) is 0 Å². The lowest BCUT2D eigenvalue weighted by Gasteiger charge is -2.12. The second kappa shape index (κ2) is 5.68. The number of rotatable bonds is 3. The maximum Gasteiger partial charge on any atom is 0.142 e. The molecular formula is C15H13ClF2O. The predicted molar refractivity (Wildman–Crippen MR) is 71.2 cm³/mol. The van der Waals surface area contributed by atoms with Crippen LogP contribution in [0.3, 0.4) is 0 Å². The Balaban J connectivity index is 2.17. The first-order valence-corrected chi connectivity index (χ1v) is 6.23. The third kappa shape index (κ3) is 3.31. The Morgan fingerprint density at radius 3 is 2.47 bits per heavy atom. The van der Waals surface area contributed by atoms with Crippen LogP contribution in [0.1, 0.15) is 22.8 Å². The molecule has 1 unspecified atom stereocenters.